The Morgan fingerprint density at radius 1 is 1.23 bits per heavy atom. The number of halogens is 3. The normalized spacial score (nSPS) is 13.6. The molecule has 138 valence electrons. The summed E-state index contributed by atoms with van der Waals surface area (Å²) in [4.78, 5) is 19.4. The van der Waals surface area contributed by atoms with Gasteiger partial charge in [-0.05, 0) is 43.1 Å². The maximum Gasteiger partial charge on any atom is 0.421 e. The maximum absolute atomic E-state index is 13.1. The number of Topliss-reactive ketones (excluding diaryl/α,β-unsaturated/α-hetero) is 1. The van der Waals surface area contributed by atoms with Gasteiger partial charge in [-0.3, -0.25) is 4.79 Å². The van der Waals surface area contributed by atoms with E-state index in [-0.39, 0.29) is 24.1 Å². The summed E-state index contributed by atoms with van der Waals surface area (Å²) in [6.07, 6.45) is -2.16. The van der Waals surface area contributed by atoms with Crippen LogP contribution in [0.1, 0.15) is 34.3 Å². The molecule has 9 heteroatoms. The van der Waals surface area contributed by atoms with E-state index in [4.69, 9.17) is 5.73 Å². The largest absolute Gasteiger partial charge is 0.421 e. The van der Waals surface area contributed by atoms with Crippen LogP contribution in [0, 0.1) is 0 Å². The molecule has 0 bridgehead atoms. The van der Waals surface area contributed by atoms with Crippen LogP contribution in [0.3, 0.4) is 0 Å². The molecular weight excluding hydrogens is 347 g/mol. The summed E-state index contributed by atoms with van der Waals surface area (Å²) < 4.78 is 39.3. The predicted octanol–water partition coefficient (Wildman–Crippen LogP) is 3.13. The molecule has 26 heavy (non-hydrogen) atoms. The van der Waals surface area contributed by atoms with Gasteiger partial charge in [0.25, 0.3) is 0 Å². The van der Waals surface area contributed by atoms with Gasteiger partial charge in [0.1, 0.15) is 11.4 Å². The number of nitrogens with one attached hydrogen (secondary N) is 2. The molecule has 1 aromatic heterocycles. The van der Waals surface area contributed by atoms with Crippen LogP contribution in [0.4, 0.5) is 30.6 Å². The molecule has 0 fully saturated rings. The SMILES string of the molecule is NCCCNc1nc(Nc2ccc3c(c2)CCC3=O)ncc1C(F)(F)F. The highest BCUT2D eigenvalue weighted by molar-refractivity contribution is 6.00. The lowest BCUT2D eigenvalue weighted by molar-refractivity contribution is -0.137. The molecule has 4 N–H and O–H groups in total. The number of fused-ring (bicyclic) bond motifs is 1. The summed E-state index contributed by atoms with van der Waals surface area (Å²) in [5.74, 6) is -0.152. The number of hydrogen-bond donors (Lipinski definition) is 3. The van der Waals surface area contributed by atoms with Crippen molar-refractivity contribution in [3.05, 3.63) is 41.1 Å². The number of aryl methyl sites for hydroxylation is 1. The molecule has 6 nitrogen and oxygen atoms in total. The number of rotatable bonds is 6. The van der Waals surface area contributed by atoms with E-state index in [1.807, 2.05) is 0 Å². The summed E-state index contributed by atoms with van der Waals surface area (Å²) in [6.45, 7) is 0.634. The van der Waals surface area contributed by atoms with Crippen molar-refractivity contribution in [1.82, 2.24) is 9.97 Å². The van der Waals surface area contributed by atoms with Crippen LogP contribution in [-0.2, 0) is 12.6 Å². The Morgan fingerprint density at radius 3 is 2.77 bits per heavy atom. The smallest absolute Gasteiger partial charge is 0.369 e. The van der Waals surface area contributed by atoms with Crippen LogP contribution in [-0.4, -0.2) is 28.8 Å². The molecule has 3 rings (SSSR count). The molecule has 0 aliphatic heterocycles. The van der Waals surface area contributed by atoms with Gasteiger partial charge in [0.05, 0.1) is 0 Å². The Bertz CT molecular complexity index is 823. The number of benzene rings is 1. The number of nitrogens with zero attached hydrogens (tertiary/aromatic N) is 2. The van der Waals surface area contributed by atoms with Gasteiger partial charge in [-0.15, -0.1) is 0 Å². The third-order valence-corrected chi connectivity index (χ3v) is 4.05. The lowest BCUT2D eigenvalue weighted by Crippen LogP contribution is -2.16. The Hall–Kier alpha value is -2.68. The first-order chi connectivity index (χ1) is 12.4. The third kappa shape index (κ3) is 3.93. The van der Waals surface area contributed by atoms with E-state index >= 15 is 0 Å². The summed E-state index contributed by atoms with van der Waals surface area (Å²) >= 11 is 0. The number of nitrogens with two attached hydrogens (primary N) is 1. The molecule has 1 heterocycles. The molecule has 0 atom stereocenters. The molecule has 0 spiro atoms. The Kier molecular flexibility index (Phi) is 5.08. The van der Waals surface area contributed by atoms with Crippen molar-refractivity contribution in [2.24, 2.45) is 5.73 Å². The first kappa shape index (κ1) is 18.1. The van der Waals surface area contributed by atoms with Crippen LogP contribution < -0.4 is 16.4 Å². The quantitative estimate of drug-likeness (QED) is 0.681. The third-order valence-electron chi connectivity index (χ3n) is 4.05. The van der Waals surface area contributed by atoms with Crippen LogP contribution in [0.15, 0.2) is 24.4 Å². The zero-order chi connectivity index (χ0) is 18.7. The number of alkyl halides is 3. The highest BCUT2D eigenvalue weighted by Crippen LogP contribution is 2.34. The molecule has 0 saturated carbocycles. The number of anilines is 3. The van der Waals surface area contributed by atoms with Gasteiger partial charge in [-0.25, -0.2) is 4.98 Å². The highest BCUT2D eigenvalue weighted by Gasteiger charge is 2.35. The predicted molar refractivity (Wildman–Crippen MR) is 91.6 cm³/mol. The van der Waals surface area contributed by atoms with Crippen LogP contribution >= 0.6 is 0 Å². The number of carbonyl (C=O) groups excluding carboxylic acids is 1. The van der Waals surface area contributed by atoms with Crippen molar-refractivity contribution in [3.63, 3.8) is 0 Å². The maximum atomic E-state index is 13.1. The Morgan fingerprint density at radius 2 is 2.04 bits per heavy atom. The second-order valence-electron chi connectivity index (χ2n) is 5.94. The summed E-state index contributed by atoms with van der Waals surface area (Å²) in [7, 11) is 0. The fourth-order valence-electron chi connectivity index (χ4n) is 2.76. The van der Waals surface area contributed by atoms with E-state index in [0.717, 1.165) is 11.8 Å². The molecule has 0 saturated heterocycles. The Labute approximate surface area is 148 Å². The van der Waals surface area contributed by atoms with E-state index in [2.05, 4.69) is 20.6 Å². The minimum absolute atomic E-state index is 0.0394. The summed E-state index contributed by atoms with van der Waals surface area (Å²) in [5.41, 5.74) is 6.66. The second-order valence-corrected chi connectivity index (χ2v) is 5.94. The van der Waals surface area contributed by atoms with Gasteiger partial charge in [0, 0.05) is 30.4 Å². The minimum Gasteiger partial charge on any atom is -0.369 e. The van der Waals surface area contributed by atoms with E-state index < -0.39 is 11.7 Å². The van der Waals surface area contributed by atoms with E-state index in [0.29, 0.717) is 37.1 Å². The van der Waals surface area contributed by atoms with Gasteiger partial charge in [0.15, 0.2) is 5.78 Å². The zero-order valence-electron chi connectivity index (χ0n) is 13.9. The molecule has 1 aliphatic carbocycles. The van der Waals surface area contributed by atoms with Crippen molar-refractivity contribution < 1.29 is 18.0 Å². The molecule has 0 unspecified atom stereocenters. The van der Waals surface area contributed by atoms with Gasteiger partial charge >= 0.3 is 6.18 Å². The standard InChI is InChI=1S/C17H18F3N5O/c18-17(19,20)13-9-23-16(25-15(13)22-7-1-6-21)24-11-3-4-12-10(8-11)2-5-14(12)26/h3-4,8-9H,1-2,5-7,21H2,(H2,22,23,24,25). The van der Waals surface area contributed by atoms with Gasteiger partial charge in [-0.2, -0.15) is 18.2 Å². The fourth-order valence-corrected chi connectivity index (χ4v) is 2.76. The van der Waals surface area contributed by atoms with Crippen molar-refractivity contribution in [2.75, 3.05) is 23.7 Å². The molecule has 2 aromatic rings. The fraction of sp³-hybridized carbons (Fsp3) is 0.353. The van der Waals surface area contributed by atoms with Gasteiger partial charge in [-0.1, -0.05) is 0 Å². The highest BCUT2D eigenvalue weighted by atomic mass is 19.4. The van der Waals surface area contributed by atoms with Crippen LogP contribution in [0.5, 0.6) is 0 Å². The summed E-state index contributed by atoms with van der Waals surface area (Å²) in [5, 5.41) is 5.55. The molecule has 0 radical (unpaired) electrons. The molecule has 1 aliphatic rings. The number of hydrogen-bond acceptors (Lipinski definition) is 6. The number of carbonyl (C=O) groups is 1. The second kappa shape index (κ2) is 7.28. The van der Waals surface area contributed by atoms with E-state index in [1.54, 1.807) is 18.2 Å². The van der Waals surface area contributed by atoms with Crippen molar-refractivity contribution >= 4 is 23.2 Å². The topological polar surface area (TPSA) is 92.9 Å². The van der Waals surface area contributed by atoms with E-state index in [1.165, 1.54) is 0 Å². The lowest BCUT2D eigenvalue weighted by atomic mass is 10.1. The number of aromatic nitrogens is 2. The van der Waals surface area contributed by atoms with Crippen LogP contribution in [0.25, 0.3) is 0 Å². The zero-order valence-corrected chi connectivity index (χ0v) is 13.9. The average Bonchev–Trinajstić information content (AvgIpc) is 2.95. The molecule has 0 amide bonds. The van der Waals surface area contributed by atoms with E-state index in [9.17, 15) is 18.0 Å². The monoisotopic (exact) mass is 365 g/mol. The first-order valence-corrected chi connectivity index (χ1v) is 8.20. The van der Waals surface area contributed by atoms with Crippen molar-refractivity contribution in [2.45, 2.75) is 25.4 Å². The van der Waals surface area contributed by atoms with Gasteiger partial charge < -0.3 is 16.4 Å². The first-order valence-electron chi connectivity index (χ1n) is 8.20. The van der Waals surface area contributed by atoms with Crippen molar-refractivity contribution in [1.29, 1.82) is 0 Å². The lowest BCUT2D eigenvalue weighted by Gasteiger charge is -2.15. The molecular formula is C17H18F3N5O. The van der Waals surface area contributed by atoms with Crippen LogP contribution in [0.2, 0.25) is 0 Å². The summed E-state index contributed by atoms with van der Waals surface area (Å²) in [6, 6.07) is 5.19. The minimum atomic E-state index is -4.56. The average molecular weight is 365 g/mol. The van der Waals surface area contributed by atoms with Crippen molar-refractivity contribution in [3.8, 4) is 0 Å². The Balaban J connectivity index is 1.84. The van der Waals surface area contributed by atoms with Gasteiger partial charge in [0.2, 0.25) is 5.95 Å². The molecule has 1 aromatic carbocycles. The number of ketones is 1.